The summed E-state index contributed by atoms with van der Waals surface area (Å²) >= 11 is 0. The molecule has 0 radical (unpaired) electrons. The Morgan fingerprint density at radius 1 is 1.12 bits per heavy atom. The topological polar surface area (TPSA) is 24.9 Å². The molecule has 0 saturated carbocycles. The zero-order valence-electron chi connectivity index (χ0n) is 9.78. The molecule has 0 aliphatic carbocycles. The molecule has 1 N–H and O–H groups in total. The molecule has 0 atom stereocenters. The molecular weight excluding hydrogens is 215 g/mol. The van der Waals surface area contributed by atoms with Crippen molar-refractivity contribution in [2.24, 2.45) is 0 Å². The second-order valence-corrected chi connectivity index (χ2v) is 3.82. The second-order valence-electron chi connectivity index (χ2n) is 3.82. The molecule has 17 heavy (non-hydrogen) atoms. The van der Waals surface area contributed by atoms with E-state index in [1.54, 1.807) is 18.5 Å². The molecule has 0 amide bonds. The van der Waals surface area contributed by atoms with E-state index >= 15 is 0 Å². The van der Waals surface area contributed by atoms with Crippen LogP contribution in [0.2, 0.25) is 0 Å². The minimum absolute atomic E-state index is 0.166. The molecule has 0 aliphatic rings. The quantitative estimate of drug-likeness (QED) is 0.873. The van der Waals surface area contributed by atoms with Crippen LogP contribution in [0.4, 0.5) is 4.39 Å². The Morgan fingerprint density at radius 3 is 2.53 bits per heavy atom. The summed E-state index contributed by atoms with van der Waals surface area (Å²) in [5.74, 6) is -0.166. The number of benzene rings is 1. The van der Waals surface area contributed by atoms with Crippen molar-refractivity contribution >= 4 is 0 Å². The van der Waals surface area contributed by atoms with E-state index in [0.717, 1.165) is 17.7 Å². The van der Waals surface area contributed by atoms with Crippen molar-refractivity contribution in [1.82, 2.24) is 10.3 Å². The molecule has 0 bridgehead atoms. The first-order chi connectivity index (χ1) is 8.31. The Balaban J connectivity index is 2.25. The highest BCUT2D eigenvalue weighted by atomic mass is 19.1. The van der Waals surface area contributed by atoms with Gasteiger partial charge in [0.2, 0.25) is 0 Å². The van der Waals surface area contributed by atoms with Crippen molar-refractivity contribution < 1.29 is 4.39 Å². The summed E-state index contributed by atoms with van der Waals surface area (Å²) in [6, 6.07) is 9.08. The van der Waals surface area contributed by atoms with E-state index in [1.165, 1.54) is 0 Å². The van der Waals surface area contributed by atoms with Crippen LogP contribution in [0, 0.1) is 5.82 Å². The Hall–Kier alpha value is -1.74. The van der Waals surface area contributed by atoms with E-state index in [-0.39, 0.29) is 5.82 Å². The Kier molecular flexibility index (Phi) is 3.83. The van der Waals surface area contributed by atoms with Gasteiger partial charge in [-0.05, 0) is 35.9 Å². The molecule has 1 heterocycles. The van der Waals surface area contributed by atoms with Gasteiger partial charge >= 0.3 is 0 Å². The summed E-state index contributed by atoms with van der Waals surface area (Å²) in [7, 11) is 0. The van der Waals surface area contributed by atoms with Crippen LogP contribution in [0.25, 0.3) is 11.1 Å². The van der Waals surface area contributed by atoms with Gasteiger partial charge in [-0.25, -0.2) is 4.39 Å². The molecule has 1 aromatic carbocycles. The van der Waals surface area contributed by atoms with Gasteiger partial charge in [0.15, 0.2) is 0 Å². The Morgan fingerprint density at radius 2 is 1.88 bits per heavy atom. The maximum atomic E-state index is 13.8. The van der Waals surface area contributed by atoms with Crippen molar-refractivity contribution in [3.05, 3.63) is 54.1 Å². The van der Waals surface area contributed by atoms with Gasteiger partial charge in [0.05, 0.1) is 0 Å². The third-order valence-corrected chi connectivity index (χ3v) is 2.63. The molecule has 0 saturated heterocycles. The molecule has 2 nitrogen and oxygen atoms in total. The van der Waals surface area contributed by atoms with Gasteiger partial charge in [0, 0.05) is 24.5 Å². The Labute approximate surface area is 101 Å². The standard InChI is InChI=1S/C14H15FN2/c1-2-16-10-13-4-3-12(9-14(13)15)11-5-7-17-8-6-11/h3-9,16H,2,10H2,1H3. The van der Waals surface area contributed by atoms with Gasteiger partial charge in [0.25, 0.3) is 0 Å². The number of nitrogens with one attached hydrogen (secondary N) is 1. The van der Waals surface area contributed by atoms with Gasteiger partial charge in [0.1, 0.15) is 5.82 Å². The number of pyridine rings is 1. The average molecular weight is 230 g/mol. The molecule has 3 heteroatoms. The number of aromatic nitrogens is 1. The third-order valence-electron chi connectivity index (χ3n) is 2.63. The smallest absolute Gasteiger partial charge is 0.128 e. The highest BCUT2D eigenvalue weighted by Gasteiger charge is 2.04. The molecule has 0 unspecified atom stereocenters. The largest absolute Gasteiger partial charge is 0.313 e. The van der Waals surface area contributed by atoms with Crippen LogP contribution in [-0.4, -0.2) is 11.5 Å². The monoisotopic (exact) mass is 230 g/mol. The fourth-order valence-electron chi connectivity index (χ4n) is 1.67. The van der Waals surface area contributed by atoms with Crippen molar-refractivity contribution in [1.29, 1.82) is 0 Å². The lowest BCUT2D eigenvalue weighted by Crippen LogP contribution is -2.12. The zero-order chi connectivity index (χ0) is 12.1. The van der Waals surface area contributed by atoms with E-state index in [2.05, 4.69) is 10.3 Å². The van der Waals surface area contributed by atoms with E-state index in [1.807, 2.05) is 31.2 Å². The SMILES string of the molecule is CCNCc1ccc(-c2ccncc2)cc1F. The van der Waals surface area contributed by atoms with Crippen LogP contribution in [-0.2, 0) is 6.54 Å². The molecule has 2 rings (SSSR count). The van der Waals surface area contributed by atoms with Crippen LogP contribution in [0.15, 0.2) is 42.7 Å². The first kappa shape index (κ1) is 11.7. The lowest BCUT2D eigenvalue weighted by Gasteiger charge is -2.06. The molecule has 0 fully saturated rings. The van der Waals surface area contributed by atoms with Gasteiger partial charge < -0.3 is 5.32 Å². The van der Waals surface area contributed by atoms with Gasteiger partial charge in [-0.1, -0.05) is 19.1 Å². The van der Waals surface area contributed by atoms with Gasteiger partial charge in [-0.2, -0.15) is 0 Å². The fraction of sp³-hybridized carbons (Fsp3) is 0.214. The fourth-order valence-corrected chi connectivity index (χ4v) is 1.67. The second kappa shape index (κ2) is 5.55. The highest BCUT2D eigenvalue weighted by molar-refractivity contribution is 5.63. The van der Waals surface area contributed by atoms with Crippen LogP contribution in [0.5, 0.6) is 0 Å². The number of hydrogen-bond acceptors (Lipinski definition) is 2. The highest BCUT2D eigenvalue weighted by Crippen LogP contribution is 2.21. The van der Waals surface area contributed by atoms with Gasteiger partial charge in [-0.15, -0.1) is 0 Å². The predicted molar refractivity (Wildman–Crippen MR) is 67.0 cm³/mol. The van der Waals surface area contributed by atoms with E-state index in [4.69, 9.17) is 0 Å². The third kappa shape index (κ3) is 2.88. The molecular formula is C14H15FN2. The van der Waals surface area contributed by atoms with E-state index in [9.17, 15) is 4.39 Å². The Bertz CT molecular complexity index is 483. The van der Waals surface area contributed by atoms with Crippen LogP contribution in [0.3, 0.4) is 0 Å². The van der Waals surface area contributed by atoms with Crippen molar-refractivity contribution in [3.63, 3.8) is 0 Å². The first-order valence-electron chi connectivity index (χ1n) is 5.71. The van der Waals surface area contributed by atoms with Gasteiger partial charge in [-0.3, -0.25) is 4.98 Å². The summed E-state index contributed by atoms with van der Waals surface area (Å²) in [5.41, 5.74) is 2.56. The molecule has 1 aromatic heterocycles. The van der Waals surface area contributed by atoms with E-state index < -0.39 is 0 Å². The molecule has 0 spiro atoms. The minimum Gasteiger partial charge on any atom is -0.313 e. The zero-order valence-corrected chi connectivity index (χ0v) is 9.78. The number of halogens is 1. The van der Waals surface area contributed by atoms with Crippen molar-refractivity contribution in [2.75, 3.05) is 6.54 Å². The van der Waals surface area contributed by atoms with Crippen LogP contribution >= 0.6 is 0 Å². The molecule has 0 aliphatic heterocycles. The molecule has 2 aromatic rings. The first-order valence-corrected chi connectivity index (χ1v) is 5.71. The average Bonchev–Trinajstić information content (AvgIpc) is 2.38. The number of rotatable bonds is 4. The lowest BCUT2D eigenvalue weighted by atomic mass is 10.0. The summed E-state index contributed by atoms with van der Waals surface area (Å²) in [6.07, 6.45) is 3.42. The predicted octanol–water partition coefficient (Wildman–Crippen LogP) is 3.00. The van der Waals surface area contributed by atoms with E-state index in [0.29, 0.717) is 12.1 Å². The van der Waals surface area contributed by atoms with Crippen LogP contribution < -0.4 is 5.32 Å². The summed E-state index contributed by atoms with van der Waals surface area (Å²) < 4.78 is 13.8. The summed E-state index contributed by atoms with van der Waals surface area (Å²) in [4.78, 5) is 3.95. The van der Waals surface area contributed by atoms with Crippen molar-refractivity contribution in [2.45, 2.75) is 13.5 Å². The maximum absolute atomic E-state index is 13.8. The normalized spacial score (nSPS) is 10.5. The summed E-state index contributed by atoms with van der Waals surface area (Å²) in [6.45, 7) is 3.41. The number of hydrogen-bond donors (Lipinski definition) is 1. The lowest BCUT2D eigenvalue weighted by molar-refractivity contribution is 0.594. The van der Waals surface area contributed by atoms with Crippen LogP contribution in [0.1, 0.15) is 12.5 Å². The molecule has 88 valence electrons. The summed E-state index contributed by atoms with van der Waals surface area (Å²) in [5, 5.41) is 3.11. The maximum Gasteiger partial charge on any atom is 0.128 e. The minimum atomic E-state index is -0.166. The van der Waals surface area contributed by atoms with Crippen molar-refractivity contribution in [3.8, 4) is 11.1 Å². The number of nitrogens with zero attached hydrogens (tertiary/aromatic N) is 1.